The summed E-state index contributed by atoms with van der Waals surface area (Å²) in [5.74, 6) is -2.55. The van der Waals surface area contributed by atoms with Crippen molar-refractivity contribution in [3.05, 3.63) is 23.5 Å². The van der Waals surface area contributed by atoms with Gasteiger partial charge >= 0.3 is 5.97 Å². The van der Waals surface area contributed by atoms with E-state index in [-0.39, 0.29) is 5.75 Å². The van der Waals surface area contributed by atoms with Gasteiger partial charge in [0.1, 0.15) is 0 Å². The molecule has 2 rings (SSSR count). The predicted octanol–water partition coefficient (Wildman–Crippen LogP) is 2.83. The van der Waals surface area contributed by atoms with Crippen LogP contribution in [-0.2, 0) is 10.2 Å². The van der Waals surface area contributed by atoms with Gasteiger partial charge in [0.2, 0.25) is 5.82 Å². The molecule has 104 valence electrons. The van der Waals surface area contributed by atoms with E-state index in [1.165, 1.54) is 19.2 Å². The van der Waals surface area contributed by atoms with Crippen LogP contribution in [-0.4, -0.2) is 23.3 Å². The van der Waals surface area contributed by atoms with Gasteiger partial charge in [0.05, 0.1) is 12.5 Å². The van der Waals surface area contributed by atoms with Gasteiger partial charge in [-0.3, -0.25) is 4.79 Å². The summed E-state index contributed by atoms with van der Waals surface area (Å²) < 4.78 is 18.9. The quantitative estimate of drug-likeness (QED) is 0.884. The number of benzene rings is 1. The standard InChI is InChI=1S/C14H17FO4/c1-19-12-9(5-6-10(16)11(12)15)14(13(17)18)7-3-2-4-8-14/h5-6,16H,2-4,7-8H2,1H3,(H,17,18). The van der Waals surface area contributed by atoms with Crippen molar-refractivity contribution in [1.29, 1.82) is 0 Å². The van der Waals surface area contributed by atoms with Crippen LogP contribution in [0.3, 0.4) is 0 Å². The van der Waals surface area contributed by atoms with E-state index in [9.17, 15) is 19.4 Å². The first kappa shape index (κ1) is 13.6. The van der Waals surface area contributed by atoms with E-state index >= 15 is 0 Å². The van der Waals surface area contributed by atoms with Gasteiger partial charge in [0.15, 0.2) is 11.5 Å². The lowest BCUT2D eigenvalue weighted by atomic mass is 9.69. The molecule has 5 heteroatoms. The Bertz CT molecular complexity index is 492. The van der Waals surface area contributed by atoms with Crippen LogP contribution in [0.5, 0.6) is 11.5 Å². The number of halogens is 1. The van der Waals surface area contributed by atoms with E-state index in [0.717, 1.165) is 19.3 Å². The number of methoxy groups -OCH3 is 1. The van der Waals surface area contributed by atoms with Crippen LogP contribution in [0.25, 0.3) is 0 Å². The summed E-state index contributed by atoms with van der Waals surface area (Å²) in [5, 5.41) is 19.0. The Kier molecular flexibility index (Phi) is 3.64. The average molecular weight is 268 g/mol. The van der Waals surface area contributed by atoms with Crippen LogP contribution < -0.4 is 4.74 Å². The highest BCUT2D eigenvalue weighted by molar-refractivity contribution is 5.83. The zero-order chi connectivity index (χ0) is 14.0. The van der Waals surface area contributed by atoms with Crippen LogP contribution in [0.1, 0.15) is 37.7 Å². The molecule has 0 aromatic heterocycles. The molecule has 1 aromatic carbocycles. The Morgan fingerprint density at radius 2 is 1.95 bits per heavy atom. The van der Waals surface area contributed by atoms with Gasteiger partial charge in [-0.25, -0.2) is 0 Å². The smallest absolute Gasteiger partial charge is 0.314 e. The van der Waals surface area contributed by atoms with Crippen molar-refractivity contribution in [3.8, 4) is 11.5 Å². The van der Waals surface area contributed by atoms with Crippen molar-refractivity contribution in [3.63, 3.8) is 0 Å². The molecular weight excluding hydrogens is 251 g/mol. The number of rotatable bonds is 3. The van der Waals surface area contributed by atoms with Crippen molar-refractivity contribution in [2.75, 3.05) is 7.11 Å². The van der Waals surface area contributed by atoms with Crippen LogP contribution in [0.15, 0.2) is 12.1 Å². The van der Waals surface area contributed by atoms with Crippen LogP contribution in [0.2, 0.25) is 0 Å². The molecule has 0 saturated heterocycles. The fourth-order valence-corrected chi connectivity index (χ4v) is 2.88. The van der Waals surface area contributed by atoms with Gasteiger partial charge in [-0.1, -0.05) is 25.3 Å². The number of phenols is 1. The minimum absolute atomic E-state index is 0.163. The molecule has 0 amide bonds. The van der Waals surface area contributed by atoms with Crippen molar-refractivity contribution in [2.24, 2.45) is 0 Å². The third-order valence-corrected chi connectivity index (χ3v) is 3.91. The summed E-state index contributed by atoms with van der Waals surface area (Å²) in [6.45, 7) is 0. The zero-order valence-electron chi connectivity index (χ0n) is 10.8. The molecule has 2 N–H and O–H groups in total. The van der Waals surface area contributed by atoms with Crippen molar-refractivity contribution >= 4 is 5.97 Å². The van der Waals surface area contributed by atoms with Gasteiger partial charge in [-0.2, -0.15) is 4.39 Å². The molecule has 19 heavy (non-hydrogen) atoms. The number of ether oxygens (including phenoxy) is 1. The second kappa shape index (κ2) is 5.07. The molecule has 1 aliphatic carbocycles. The number of aliphatic carboxylic acids is 1. The maximum atomic E-state index is 13.9. The topological polar surface area (TPSA) is 66.8 Å². The SMILES string of the molecule is COc1c(C2(C(=O)O)CCCCC2)ccc(O)c1F. The Labute approximate surface area is 110 Å². The minimum Gasteiger partial charge on any atom is -0.505 e. The highest BCUT2D eigenvalue weighted by Crippen LogP contribution is 2.45. The molecule has 0 bridgehead atoms. The summed E-state index contributed by atoms with van der Waals surface area (Å²) in [6, 6.07) is 2.64. The number of aromatic hydroxyl groups is 1. The van der Waals surface area contributed by atoms with E-state index in [2.05, 4.69) is 0 Å². The first-order chi connectivity index (χ1) is 9.03. The van der Waals surface area contributed by atoms with E-state index in [1.807, 2.05) is 0 Å². The number of carboxylic acids is 1. The fraction of sp³-hybridized carbons (Fsp3) is 0.500. The van der Waals surface area contributed by atoms with Gasteiger partial charge < -0.3 is 14.9 Å². The van der Waals surface area contributed by atoms with Crippen molar-refractivity contribution in [1.82, 2.24) is 0 Å². The van der Waals surface area contributed by atoms with Crippen LogP contribution in [0.4, 0.5) is 4.39 Å². The first-order valence-corrected chi connectivity index (χ1v) is 6.32. The zero-order valence-corrected chi connectivity index (χ0v) is 10.8. The molecular formula is C14H17FO4. The summed E-state index contributed by atoms with van der Waals surface area (Å²) in [7, 11) is 1.28. The first-order valence-electron chi connectivity index (χ1n) is 6.32. The minimum atomic E-state index is -1.11. The maximum Gasteiger partial charge on any atom is 0.314 e. The molecule has 4 nitrogen and oxygen atoms in total. The lowest BCUT2D eigenvalue weighted by molar-refractivity contribution is -0.145. The van der Waals surface area contributed by atoms with Crippen molar-refractivity contribution in [2.45, 2.75) is 37.5 Å². The number of phenolic OH excluding ortho intramolecular Hbond substituents is 1. The van der Waals surface area contributed by atoms with Crippen molar-refractivity contribution < 1.29 is 24.1 Å². The molecule has 0 spiro atoms. The molecule has 1 fully saturated rings. The highest BCUT2D eigenvalue weighted by Gasteiger charge is 2.44. The average Bonchev–Trinajstić information content (AvgIpc) is 2.42. The molecule has 0 unspecified atom stereocenters. The fourth-order valence-electron chi connectivity index (χ4n) is 2.88. The summed E-state index contributed by atoms with van der Waals surface area (Å²) in [5.41, 5.74) is -0.796. The van der Waals surface area contributed by atoms with E-state index in [0.29, 0.717) is 18.4 Å². The monoisotopic (exact) mass is 268 g/mol. The Morgan fingerprint density at radius 1 is 1.32 bits per heavy atom. The highest BCUT2D eigenvalue weighted by atomic mass is 19.1. The van der Waals surface area contributed by atoms with E-state index in [1.54, 1.807) is 0 Å². The lowest BCUT2D eigenvalue weighted by Gasteiger charge is -2.34. The summed E-state index contributed by atoms with van der Waals surface area (Å²) >= 11 is 0. The Balaban J connectivity index is 2.60. The number of hydrogen-bond acceptors (Lipinski definition) is 3. The normalized spacial score (nSPS) is 18.0. The van der Waals surface area contributed by atoms with Gasteiger partial charge in [-0.05, 0) is 18.9 Å². The lowest BCUT2D eigenvalue weighted by Crippen LogP contribution is -2.38. The Morgan fingerprint density at radius 3 is 2.47 bits per heavy atom. The number of carboxylic acid groups (broad SMARTS) is 1. The molecule has 1 aromatic rings. The third kappa shape index (κ3) is 2.13. The Hall–Kier alpha value is -1.78. The predicted molar refractivity (Wildman–Crippen MR) is 67.0 cm³/mol. The largest absolute Gasteiger partial charge is 0.505 e. The number of hydrogen-bond donors (Lipinski definition) is 2. The molecule has 0 atom stereocenters. The van der Waals surface area contributed by atoms with E-state index < -0.39 is 23.0 Å². The van der Waals surface area contributed by atoms with E-state index in [4.69, 9.17) is 4.74 Å². The van der Waals surface area contributed by atoms with Gasteiger partial charge in [0.25, 0.3) is 0 Å². The summed E-state index contributed by atoms with van der Waals surface area (Å²) in [6.07, 6.45) is 3.49. The van der Waals surface area contributed by atoms with Gasteiger partial charge in [-0.15, -0.1) is 0 Å². The maximum absolute atomic E-state index is 13.9. The second-order valence-electron chi connectivity index (χ2n) is 4.93. The molecule has 1 saturated carbocycles. The second-order valence-corrected chi connectivity index (χ2v) is 4.93. The molecule has 0 heterocycles. The molecule has 1 aliphatic rings. The van der Waals surface area contributed by atoms with Crippen LogP contribution in [0, 0.1) is 5.82 Å². The molecule has 0 radical (unpaired) electrons. The van der Waals surface area contributed by atoms with Gasteiger partial charge in [0, 0.05) is 5.56 Å². The molecule has 0 aliphatic heterocycles. The van der Waals surface area contributed by atoms with Crippen LogP contribution >= 0.6 is 0 Å². The third-order valence-electron chi connectivity index (χ3n) is 3.91. The number of carbonyl (C=O) groups is 1. The summed E-state index contributed by atoms with van der Waals surface area (Å²) in [4.78, 5) is 11.7.